The zero-order chi connectivity index (χ0) is 25.2. The lowest BCUT2D eigenvalue weighted by atomic mass is 9.60. The molecule has 5 nitrogen and oxygen atoms in total. The monoisotopic (exact) mass is 475 g/mol. The van der Waals surface area contributed by atoms with Gasteiger partial charge in [-0.05, 0) is 62.2 Å². The van der Waals surface area contributed by atoms with E-state index in [1.165, 1.54) is 5.56 Å². The topological polar surface area (TPSA) is 63.7 Å². The number of esters is 1. The van der Waals surface area contributed by atoms with Gasteiger partial charge in [0.15, 0.2) is 5.78 Å². The third-order valence-electron chi connectivity index (χ3n) is 8.40. The van der Waals surface area contributed by atoms with Crippen LogP contribution in [0.3, 0.4) is 0 Å². The number of fused-ring (bicyclic) bond motifs is 1. The molecule has 1 aromatic carbocycles. The number of piperidine rings is 1. The number of ketones is 1. The Morgan fingerprint density at radius 3 is 2.54 bits per heavy atom. The number of benzene rings is 1. The second-order valence-electron chi connectivity index (χ2n) is 10.7. The highest BCUT2D eigenvalue weighted by molar-refractivity contribution is 6.05. The molecule has 1 saturated heterocycles. The van der Waals surface area contributed by atoms with Gasteiger partial charge in [-0.15, -0.1) is 0 Å². The quantitative estimate of drug-likeness (QED) is 0.426. The molecule has 0 unspecified atom stereocenters. The van der Waals surface area contributed by atoms with E-state index in [1.54, 1.807) is 13.0 Å². The Hall–Kier alpha value is -2.95. The van der Waals surface area contributed by atoms with Gasteiger partial charge in [-0.25, -0.2) is 4.79 Å². The van der Waals surface area contributed by atoms with Crippen molar-refractivity contribution in [1.82, 2.24) is 4.90 Å². The van der Waals surface area contributed by atoms with Crippen LogP contribution in [0, 0.1) is 23.2 Å². The van der Waals surface area contributed by atoms with Gasteiger partial charge in [0.05, 0.1) is 0 Å². The Morgan fingerprint density at radius 1 is 1.20 bits per heavy atom. The smallest absolute Gasteiger partial charge is 0.330 e. The van der Waals surface area contributed by atoms with Gasteiger partial charge in [0.2, 0.25) is 5.91 Å². The molecular weight excluding hydrogens is 438 g/mol. The first kappa shape index (κ1) is 25.2. The number of rotatable bonds is 6. The molecule has 2 fully saturated rings. The van der Waals surface area contributed by atoms with Gasteiger partial charge in [-0.1, -0.05) is 56.8 Å². The number of allylic oxidation sites excluding steroid dienone is 3. The van der Waals surface area contributed by atoms with Gasteiger partial charge in [0.1, 0.15) is 6.10 Å². The van der Waals surface area contributed by atoms with Crippen LogP contribution in [0.4, 0.5) is 0 Å². The summed E-state index contributed by atoms with van der Waals surface area (Å²) < 4.78 is 5.88. The summed E-state index contributed by atoms with van der Waals surface area (Å²) in [5.41, 5.74) is 2.47. The molecule has 2 aliphatic carbocycles. The SMILES string of the molecule is C=CC(=O)O[C@@H]1C2=C(C)C(=O)C=C[C@]2(C)CC[C@H]1[C@H](C)C(=O)N1CCC(Cc2ccccc2)CC1. The Bertz CT molecular complexity index is 1050. The Kier molecular flexibility index (Phi) is 7.44. The summed E-state index contributed by atoms with van der Waals surface area (Å²) in [6.45, 7) is 10.9. The number of carbonyl (C=O) groups is 3. The lowest BCUT2D eigenvalue weighted by molar-refractivity contribution is -0.151. The van der Waals surface area contributed by atoms with Gasteiger partial charge >= 0.3 is 5.97 Å². The maximum atomic E-state index is 13.6. The van der Waals surface area contributed by atoms with Crippen molar-refractivity contribution in [2.45, 2.75) is 59.0 Å². The molecular formula is C30H37NO4. The summed E-state index contributed by atoms with van der Waals surface area (Å²) in [6, 6.07) is 10.5. The van der Waals surface area contributed by atoms with E-state index in [-0.39, 0.29) is 28.9 Å². The van der Waals surface area contributed by atoms with Crippen LogP contribution in [0.5, 0.6) is 0 Å². The number of hydrogen-bond acceptors (Lipinski definition) is 4. The normalized spacial score (nSPS) is 27.9. The van der Waals surface area contributed by atoms with Crippen molar-refractivity contribution in [3.63, 3.8) is 0 Å². The summed E-state index contributed by atoms with van der Waals surface area (Å²) in [4.78, 5) is 40.4. The number of likely N-dealkylation sites (tertiary alicyclic amines) is 1. The molecule has 0 spiro atoms. The van der Waals surface area contributed by atoms with E-state index in [9.17, 15) is 14.4 Å². The predicted octanol–water partition coefficient (Wildman–Crippen LogP) is 5.07. The van der Waals surface area contributed by atoms with Crippen molar-refractivity contribution in [1.29, 1.82) is 0 Å². The fourth-order valence-corrected chi connectivity index (χ4v) is 6.23. The number of carbonyl (C=O) groups excluding carboxylic acids is 3. The van der Waals surface area contributed by atoms with E-state index in [0.717, 1.165) is 56.8 Å². The average Bonchev–Trinajstić information content (AvgIpc) is 2.87. The number of amides is 1. The number of nitrogens with zero attached hydrogens (tertiary/aromatic N) is 1. The lowest BCUT2D eigenvalue weighted by Crippen LogP contribution is -2.49. The first-order valence-corrected chi connectivity index (χ1v) is 12.8. The first-order valence-electron chi connectivity index (χ1n) is 12.8. The summed E-state index contributed by atoms with van der Waals surface area (Å²) >= 11 is 0. The minimum absolute atomic E-state index is 0.0581. The molecule has 1 aromatic rings. The highest BCUT2D eigenvalue weighted by atomic mass is 16.5. The molecule has 3 aliphatic rings. The molecule has 4 atom stereocenters. The van der Waals surface area contributed by atoms with E-state index in [2.05, 4.69) is 37.8 Å². The molecule has 1 amide bonds. The van der Waals surface area contributed by atoms with Gasteiger partial charge < -0.3 is 9.64 Å². The highest BCUT2D eigenvalue weighted by Crippen LogP contribution is 2.50. The molecule has 1 aliphatic heterocycles. The maximum Gasteiger partial charge on any atom is 0.330 e. The minimum Gasteiger partial charge on any atom is -0.454 e. The van der Waals surface area contributed by atoms with E-state index in [1.807, 2.05) is 24.0 Å². The standard InChI is InChI=1S/C30H37NO4/c1-5-26(33)35-28-24(11-15-30(4)16-12-25(32)21(3)27(28)30)20(2)29(34)31-17-13-23(14-18-31)19-22-9-7-6-8-10-22/h5-10,12,16,20,23-24,28H,1,11,13-15,17-19H2,2-4H3/t20-,24-,28-,30-/m0/s1. The van der Waals surface area contributed by atoms with Gasteiger partial charge in [-0.3, -0.25) is 9.59 Å². The van der Waals surface area contributed by atoms with Crippen LogP contribution in [0.1, 0.15) is 52.0 Å². The highest BCUT2D eigenvalue weighted by Gasteiger charge is 2.49. The van der Waals surface area contributed by atoms with Crippen LogP contribution in [0.25, 0.3) is 0 Å². The van der Waals surface area contributed by atoms with E-state index < -0.39 is 12.1 Å². The summed E-state index contributed by atoms with van der Waals surface area (Å²) in [7, 11) is 0. The summed E-state index contributed by atoms with van der Waals surface area (Å²) in [6.07, 6.45) is 8.71. The number of hydrogen-bond donors (Lipinski definition) is 0. The molecule has 0 bridgehead atoms. The Morgan fingerprint density at radius 2 is 1.89 bits per heavy atom. The van der Waals surface area contributed by atoms with E-state index in [4.69, 9.17) is 4.74 Å². The van der Waals surface area contributed by atoms with E-state index in [0.29, 0.717) is 11.5 Å². The minimum atomic E-state index is -0.609. The fourth-order valence-electron chi connectivity index (χ4n) is 6.23. The zero-order valence-electron chi connectivity index (χ0n) is 21.2. The maximum absolute atomic E-state index is 13.6. The van der Waals surface area contributed by atoms with Crippen molar-refractivity contribution in [3.8, 4) is 0 Å². The summed E-state index contributed by atoms with van der Waals surface area (Å²) in [5, 5.41) is 0. The van der Waals surface area contributed by atoms with Gasteiger partial charge in [0.25, 0.3) is 0 Å². The number of ether oxygens (including phenoxy) is 1. The van der Waals surface area contributed by atoms with Crippen molar-refractivity contribution in [2.75, 3.05) is 13.1 Å². The molecule has 35 heavy (non-hydrogen) atoms. The van der Waals surface area contributed by atoms with Gasteiger partial charge in [0, 0.05) is 42.0 Å². The molecule has 4 rings (SSSR count). The van der Waals surface area contributed by atoms with Crippen LogP contribution in [0.15, 0.2) is 66.3 Å². The van der Waals surface area contributed by atoms with Crippen molar-refractivity contribution < 1.29 is 19.1 Å². The van der Waals surface area contributed by atoms with Crippen molar-refractivity contribution in [3.05, 3.63) is 71.8 Å². The molecule has 5 heteroatoms. The third kappa shape index (κ3) is 5.19. The third-order valence-corrected chi connectivity index (χ3v) is 8.40. The van der Waals surface area contributed by atoms with Crippen LogP contribution in [-0.2, 0) is 25.5 Å². The zero-order valence-corrected chi connectivity index (χ0v) is 21.2. The lowest BCUT2D eigenvalue weighted by Gasteiger charge is -2.47. The van der Waals surface area contributed by atoms with Crippen LogP contribution in [-0.4, -0.2) is 41.8 Å². The second-order valence-corrected chi connectivity index (χ2v) is 10.7. The molecule has 1 heterocycles. The average molecular weight is 476 g/mol. The summed E-state index contributed by atoms with van der Waals surface area (Å²) in [5.74, 6) is -0.362. The fraction of sp³-hybridized carbons (Fsp3) is 0.500. The molecule has 0 aromatic heterocycles. The Labute approximate surface area is 208 Å². The van der Waals surface area contributed by atoms with Crippen LogP contribution >= 0.6 is 0 Å². The molecule has 0 radical (unpaired) electrons. The second kappa shape index (κ2) is 10.3. The Balaban J connectivity index is 1.48. The molecule has 1 saturated carbocycles. The first-order chi connectivity index (χ1) is 16.7. The van der Waals surface area contributed by atoms with E-state index >= 15 is 0 Å². The van der Waals surface area contributed by atoms with Crippen LogP contribution < -0.4 is 0 Å². The largest absolute Gasteiger partial charge is 0.454 e. The van der Waals surface area contributed by atoms with Crippen molar-refractivity contribution >= 4 is 17.7 Å². The van der Waals surface area contributed by atoms with Crippen LogP contribution in [0.2, 0.25) is 0 Å². The molecule has 186 valence electrons. The van der Waals surface area contributed by atoms with Gasteiger partial charge in [-0.2, -0.15) is 0 Å². The molecule has 0 N–H and O–H groups in total. The predicted molar refractivity (Wildman–Crippen MR) is 136 cm³/mol. The van der Waals surface area contributed by atoms with Crippen molar-refractivity contribution in [2.24, 2.45) is 23.2 Å².